The third-order valence-electron chi connectivity index (χ3n) is 3.26. The SMILES string of the molecule is C=C(CC)C(=O)OC1CCCCCC1C. The monoisotopic (exact) mass is 210 g/mol. The molecule has 1 fully saturated rings. The molecule has 1 saturated carbocycles. The molecule has 15 heavy (non-hydrogen) atoms. The molecule has 0 N–H and O–H groups in total. The molecule has 2 nitrogen and oxygen atoms in total. The zero-order valence-corrected chi connectivity index (χ0v) is 9.92. The van der Waals surface area contributed by atoms with E-state index in [1.165, 1.54) is 25.7 Å². The molecule has 0 bridgehead atoms. The van der Waals surface area contributed by atoms with Crippen LogP contribution in [0.4, 0.5) is 0 Å². The Morgan fingerprint density at radius 1 is 1.33 bits per heavy atom. The number of carbonyl (C=O) groups is 1. The van der Waals surface area contributed by atoms with Crippen LogP contribution in [0.1, 0.15) is 52.4 Å². The quantitative estimate of drug-likeness (QED) is 0.405. The average Bonchev–Trinajstić information content (AvgIpc) is 2.43. The van der Waals surface area contributed by atoms with Crippen LogP contribution in [0.5, 0.6) is 0 Å². The summed E-state index contributed by atoms with van der Waals surface area (Å²) in [6.07, 6.45) is 6.71. The second kappa shape index (κ2) is 5.94. The molecule has 1 rings (SSSR count). The molecule has 2 atom stereocenters. The van der Waals surface area contributed by atoms with Crippen LogP contribution in [-0.2, 0) is 9.53 Å². The molecule has 0 aliphatic heterocycles. The van der Waals surface area contributed by atoms with Crippen molar-refractivity contribution in [2.75, 3.05) is 0 Å². The van der Waals surface area contributed by atoms with E-state index < -0.39 is 0 Å². The molecule has 1 aliphatic rings. The van der Waals surface area contributed by atoms with Gasteiger partial charge >= 0.3 is 5.97 Å². The molecule has 0 radical (unpaired) electrons. The summed E-state index contributed by atoms with van der Waals surface area (Å²) >= 11 is 0. The van der Waals surface area contributed by atoms with Crippen molar-refractivity contribution in [3.8, 4) is 0 Å². The lowest BCUT2D eigenvalue weighted by Gasteiger charge is -2.22. The predicted octanol–water partition coefficient (Wildman–Crippen LogP) is 3.46. The van der Waals surface area contributed by atoms with Crippen molar-refractivity contribution in [1.29, 1.82) is 0 Å². The van der Waals surface area contributed by atoms with Crippen LogP contribution in [0.15, 0.2) is 12.2 Å². The van der Waals surface area contributed by atoms with Crippen molar-refractivity contribution in [3.05, 3.63) is 12.2 Å². The minimum absolute atomic E-state index is 0.114. The highest BCUT2D eigenvalue weighted by Gasteiger charge is 2.23. The minimum atomic E-state index is -0.198. The number of esters is 1. The van der Waals surface area contributed by atoms with E-state index in [4.69, 9.17) is 4.74 Å². The van der Waals surface area contributed by atoms with E-state index in [0.717, 1.165) is 6.42 Å². The fourth-order valence-corrected chi connectivity index (χ4v) is 2.00. The number of rotatable bonds is 3. The first-order chi connectivity index (χ1) is 7.15. The molecule has 2 unspecified atom stereocenters. The molecule has 0 heterocycles. The van der Waals surface area contributed by atoms with Gasteiger partial charge in [0.1, 0.15) is 6.10 Å². The molecule has 0 aromatic carbocycles. The van der Waals surface area contributed by atoms with Crippen LogP contribution in [0.25, 0.3) is 0 Å². The fraction of sp³-hybridized carbons (Fsp3) is 0.769. The van der Waals surface area contributed by atoms with Gasteiger partial charge in [-0.05, 0) is 31.6 Å². The van der Waals surface area contributed by atoms with Crippen LogP contribution in [-0.4, -0.2) is 12.1 Å². The van der Waals surface area contributed by atoms with E-state index in [9.17, 15) is 4.79 Å². The summed E-state index contributed by atoms with van der Waals surface area (Å²) in [4.78, 5) is 11.6. The number of carbonyl (C=O) groups excluding carboxylic acids is 1. The molecule has 0 spiro atoms. The first kappa shape index (κ1) is 12.3. The van der Waals surface area contributed by atoms with E-state index in [2.05, 4.69) is 13.5 Å². The summed E-state index contributed by atoms with van der Waals surface area (Å²) in [6, 6.07) is 0. The van der Waals surface area contributed by atoms with Crippen LogP contribution in [0, 0.1) is 5.92 Å². The predicted molar refractivity (Wildman–Crippen MR) is 61.6 cm³/mol. The van der Waals surface area contributed by atoms with Crippen LogP contribution < -0.4 is 0 Å². The zero-order valence-electron chi connectivity index (χ0n) is 9.92. The third kappa shape index (κ3) is 3.69. The normalized spacial score (nSPS) is 26.8. The summed E-state index contributed by atoms with van der Waals surface area (Å²) in [5.41, 5.74) is 0.589. The van der Waals surface area contributed by atoms with E-state index in [1.54, 1.807) is 0 Å². The lowest BCUT2D eigenvalue weighted by Crippen LogP contribution is -2.24. The van der Waals surface area contributed by atoms with Crippen LogP contribution in [0.2, 0.25) is 0 Å². The Labute approximate surface area is 92.7 Å². The Morgan fingerprint density at radius 3 is 2.67 bits per heavy atom. The Morgan fingerprint density at radius 2 is 2.00 bits per heavy atom. The zero-order chi connectivity index (χ0) is 11.3. The highest BCUT2D eigenvalue weighted by atomic mass is 16.5. The van der Waals surface area contributed by atoms with Gasteiger partial charge in [0.05, 0.1) is 0 Å². The van der Waals surface area contributed by atoms with E-state index in [-0.39, 0.29) is 12.1 Å². The van der Waals surface area contributed by atoms with Crippen molar-refractivity contribution in [3.63, 3.8) is 0 Å². The lowest BCUT2D eigenvalue weighted by molar-refractivity contribution is -0.147. The highest BCUT2D eigenvalue weighted by Crippen LogP contribution is 2.26. The van der Waals surface area contributed by atoms with Crippen molar-refractivity contribution in [2.45, 2.75) is 58.5 Å². The Kier molecular flexibility index (Phi) is 4.86. The molecular weight excluding hydrogens is 188 g/mol. The topological polar surface area (TPSA) is 26.3 Å². The Balaban J connectivity index is 2.47. The van der Waals surface area contributed by atoms with E-state index in [0.29, 0.717) is 17.9 Å². The summed E-state index contributed by atoms with van der Waals surface area (Å²) in [6.45, 7) is 7.82. The molecule has 0 aromatic rings. The molecule has 2 heteroatoms. The molecule has 0 amide bonds. The van der Waals surface area contributed by atoms with Gasteiger partial charge in [0, 0.05) is 5.57 Å². The van der Waals surface area contributed by atoms with Gasteiger partial charge in [-0.15, -0.1) is 0 Å². The smallest absolute Gasteiger partial charge is 0.333 e. The summed E-state index contributed by atoms with van der Waals surface area (Å²) in [7, 11) is 0. The largest absolute Gasteiger partial charge is 0.459 e. The summed E-state index contributed by atoms with van der Waals surface area (Å²) < 4.78 is 5.50. The highest BCUT2D eigenvalue weighted by molar-refractivity contribution is 5.87. The first-order valence-electron chi connectivity index (χ1n) is 6.04. The third-order valence-corrected chi connectivity index (χ3v) is 3.26. The van der Waals surface area contributed by atoms with Crippen molar-refractivity contribution in [2.24, 2.45) is 5.92 Å². The number of hydrogen-bond donors (Lipinski definition) is 0. The van der Waals surface area contributed by atoms with E-state index in [1.807, 2.05) is 6.92 Å². The molecule has 1 aliphatic carbocycles. The lowest BCUT2D eigenvalue weighted by atomic mass is 9.99. The second-order valence-corrected chi connectivity index (χ2v) is 4.52. The van der Waals surface area contributed by atoms with Gasteiger partial charge in [-0.25, -0.2) is 4.79 Å². The minimum Gasteiger partial charge on any atom is -0.459 e. The first-order valence-corrected chi connectivity index (χ1v) is 6.04. The van der Waals surface area contributed by atoms with Gasteiger partial charge in [0.2, 0.25) is 0 Å². The molecule has 86 valence electrons. The number of ether oxygens (including phenoxy) is 1. The van der Waals surface area contributed by atoms with Gasteiger partial charge in [0.25, 0.3) is 0 Å². The van der Waals surface area contributed by atoms with Gasteiger partial charge in [-0.3, -0.25) is 0 Å². The van der Waals surface area contributed by atoms with Crippen LogP contribution in [0.3, 0.4) is 0 Å². The number of hydrogen-bond acceptors (Lipinski definition) is 2. The second-order valence-electron chi connectivity index (χ2n) is 4.52. The van der Waals surface area contributed by atoms with E-state index >= 15 is 0 Å². The standard InChI is InChI=1S/C13H22O2/c1-4-10(2)13(14)15-12-9-7-5-6-8-11(12)3/h11-12H,2,4-9H2,1,3H3. The Hall–Kier alpha value is -0.790. The van der Waals surface area contributed by atoms with Crippen molar-refractivity contribution < 1.29 is 9.53 Å². The maximum atomic E-state index is 11.6. The molecule has 0 saturated heterocycles. The maximum absolute atomic E-state index is 11.6. The van der Waals surface area contributed by atoms with Gasteiger partial charge in [-0.2, -0.15) is 0 Å². The molecular formula is C13H22O2. The Bertz CT molecular complexity index is 233. The summed E-state index contributed by atoms with van der Waals surface area (Å²) in [5, 5.41) is 0. The van der Waals surface area contributed by atoms with Gasteiger partial charge in [0.15, 0.2) is 0 Å². The van der Waals surface area contributed by atoms with Crippen molar-refractivity contribution in [1.82, 2.24) is 0 Å². The molecule has 0 aromatic heterocycles. The van der Waals surface area contributed by atoms with Gasteiger partial charge < -0.3 is 4.74 Å². The van der Waals surface area contributed by atoms with Crippen molar-refractivity contribution >= 4 is 5.97 Å². The van der Waals surface area contributed by atoms with Gasteiger partial charge in [-0.1, -0.05) is 33.3 Å². The maximum Gasteiger partial charge on any atom is 0.333 e. The average molecular weight is 210 g/mol. The van der Waals surface area contributed by atoms with Crippen LogP contribution >= 0.6 is 0 Å². The summed E-state index contributed by atoms with van der Waals surface area (Å²) in [5.74, 6) is 0.303. The fourth-order valence-electron chi connectivity index (χ4n) is 2.00.